The van der Waals surface area contributed by atoms with Gasteiger partial charge in [0.2, 0.25) is 12.7 Å². The molecule has 3 aromatic rings. The van der Waals surface area contributed by atoms with E-state index >= 15 is 0 Å². The van der Waals surface area contributed by atoms with Crippen LogP contribution in [0.4, 0.5) is 10.1 Å². The van der Waals surface area contributed by atoms with Crippen LogP contribution in [0.2, 0.25) is 0 Å². The van der Waals surface area contributed by atoms with Crippen molar-refractivity contribution in [1.29, 1.82) is 0 Å². The van der Waals surface area contributed by atoms with Crippen molar-refractivity contribution in [3.8, 4) is 11.5 Å². The lowest BCUT2D eigenvalue weighted by molar-refractivity contribution is -0.119. The summed E-state index contributed by atoms with van der Waals surface area (Å²) in [5.41, 5.74) is 2.06. The molecule has 0 saturated carbocycles. The van der Waals surface area contributed by atoms with Crippen molar-refractivity contribution in [3.63, 3.8) is 0 Å². The van der Waals surface area contributed by atoms with Gasteiger partial charge in [-0.3, -0.25) is 9.10 Å². The first-order valence-corrected chi connectivity index (χ1v) is 11.3. The molecule has 0 fully saturated rings. The molecule has 0 radical (unpaired) electrons. The van der Waals surface area contributed by atoms with E-state index in [0.29, 0.717) is 17.2 Å². The summed E-state index contributed by atoms with van der Waals surface area (Å²) >= 11 is 0. The van der Waals surface area contributed by atoms with Crippen LogP contribution >= 0.6 is 0 Å². The minimum absolute atomic E-state index is 0.108. The average Bonchev–Trinajstić information content (AvgIpc) is 3.25. The van der Waals surface area contributed by atoms with Crippen LogP contribution in [0.5, 0.6) is 11.5 Å². The second-order valence-electron chi connectivity index (χ2n) is 7.27. The van der Waals surface area contributed by atoms with Crippen molar-refractivity contribution < 1.29 is 27.1 Å². The van der Waals surface area contributed by atoms with E-state index in [1.807, 2.05) is 6.92 Å². The first-order chi connectivity index (χ1) is 15.3. The summed E-state index contributed by atoms with van der Waals surface area (Å²) < 4.78 is 51.4. The molecule has 0 aromatic heterocycles. The maximum Gasteiger partial charge on any atom is 0.264 e. The highest BCUT2D eigenvalue weighted by atomic mass is 32.2. The van der Waals surface area contributed by atoms with Crippen LogP contribution in [0.15, 0.2) is 71.6 Å². The second-order valence-corrected chi connectivity index (χ2v) is 9.13. The molecule has 4 rings (SSSR count). The van der Waals surface area contributed by atoms with E-state index in [9.17, 15) is 17.6 Å². The van der Waals surface area contributed by atoms with Gasteiger partial charge in [-0.1, -0.05) is 23.8 Å². The summed E-state index contributed by atoms with van der Waals surface area (Å²) in [6, 6.07) is 16.6. The number of ether oxygens (including phenoxy) is 2. The average molecular weight is 456 g/mol. The Morgan fingerprint density at radius 2 is 1.69 bits per heavy atom. The van der Waals surface area contributed by atoms with Crippen LogP contribution in [0, 0.1) is 12.7 Å². The number of nitrogens with zero attached hydrogens (tertiary/aromatic N) is 1. The van der Waals surface area contributed by atoms with Gasteiger partial charge in [0.1, 0.15) is 12.4 Å². The van der Waals surface area contributed by atoms with Gasteiger partial charge < -0.3 is 14.8 Å². The summed E-state index contributed by atoms with van der Waals surface area (Å²) in [5, 5.41) is 2.73. The normalized spacial score (nSPS) is 12.4. The quantitative estimate of drug-likeness (QED) is 0.589. The van der Waals surface area contributed by atoms with Crippen molar-refractivity contribution in [2.24, 2.45) is 0 Å². The number of carbonyl (C=O) groups excluding carboxylic acids is 1. The Labute approximate surface area is 185 Å². The number of aryl methyl sites for hydroxylation is 1. The van der Waals surface area contributed by atoms with E-state index in [1.54, 1.807) is 42.5 Å². The number of halogens is 1. The Hall–Kier alpha value is -3.59. The van der Waals surface area contributed by atoms with E-state index < -0.39 is 28.3 Å². The lowest BCUT2D eigenvalue weighted by atomic mass is 10.2. The van der Waals surface area contributed by atoms with E-state index in [0.717, 1.165) is 27.6 Å². The molecule has 1 aliphatic rings. The lowest BCUT2D eigenvalue weighted by Gasteiger charge is -2.24. The van der Waals surface area contributed by atoms with Crippen LogP contribution in [-0.2, 0) is 21.4 Å². The standard InChI is InChI=1S/C23H21FN2O5S/c1-16-2-7-19(8-3-16)26(32(28,29)20-9-5-18(24)6-10-20)14-23(27)25-13-17-4-11-21-22(12-17)31-15-30-21/h2-12H,13-15H2,1H3,(H,25,27). The van der Waals surface area contributed by atoms with Gasteiger partial charge in [0.15, 0.2) is 11.5 Å². The Balaban J connectivity index is 1.54. The highest BCUT2D eigenvalue weighted by Crippen LogP contribution is 2.32. The maximum absolute atomic E-state index is 13.3. The number of fused-ring (bicyclic) bond motifs is 1. The molecule has 1 aliphatic heterocycles. The van der Waals surface area contributed by atoms with Crippen LogP contribution in [-0.4, -0.2) is 27.7 Å². The molecule has 0 spiro atoms. The smallest absolute Gasteiger partial charge is 0.264 e. The Morgan fingerprint density at radius 1 is 1.00 bits per heavy atom. The van der Waals surface area contributed by atoms with Gasteiger partial charge in [-0.2, -0.15) is 0 Å². The number of rotatable bonds is 7. The summed E-state index contributed by atoms with van der Waals surface area (Å²) in [7, 11) is -4.10. The van der Waals surface area contributed by atoms with Crippen molar-refractivity contribution in [2.75, 3.05) is 17.6 Å². The monoisotopic (exact) mass is 456 g/mol. The SMILES string of the molecule is Cc1ccc(N(CC(=O)NCc2ccc3c(c2)OCO3)S(=O)(=O)c2ccc(F)cc2)cc1. The number of benzene rings is 3. The molecule has 7 nitrogen and oxygen atoms in total. The summed E-state index contributed by atoms with van der Waals surface area (Å²) in [5.74, 6) is 0.189. The van der Waals surface area contributed by atoms with Crippen LogP contribution in [0.3, 0.4) is 0 Å². The molecule has 0 bridgehead atoms. The molecule has 0 saturated heterocycles. The zero-order valence-corrected chi connectivity index (χ0v) is 18.1. The third-order valence-corrected chi connectivity index (χ3v) is 6.73. The van der Waals surface area contributed by atoms with Gasteiger partial charge >= 0.3 is 0 Å². The third kappa shape index (κ3) is 4.67. The topological polar surface area (TPSA) is 84.9 Å². The van der Waals surface area contributed by atoms with E-state index in [2.05, 4.69) is 5.32 Å². The van der Waals surface area contributed by atoms with Crippen molar-refractivity contribution >= 4 is 21.6 Å². The number of anilines is 1. The molecule has 1 N–H and O–H groups in total. The number of hydrogen-bond donors (Lipinski definition) is 1. The zero-order valence-electron chi connectivity index (χ0n) is 17.2. The third-order valence-electron chi connectivity index (χ3n) is 4.94. The Bertz CT molecular complexity index is 1230. The second kappa shape index (κ2) is 8.88. The van der Waals surface area contributed by atoms with Gasteiger partial charge in [0, 0.05) is 6.54 Å². The molecule has 1 heterocycles. The van der Waals surface area contributed by atoms with Crippen LogP contribution in [0.1, 0.15) is 11.1 Å². The first kappa shape index (κ1) is 21.6. The predicted octanol–water partition coefficient (Wildman–Crippen LogP) is 3.37. The molecule has 166 valence electrons. The fraction of sp³-hybridized carbons (Fsp3) is 0.174. The number of amides is 1. The van der Waals surface area contributed by atoms with Gasteiger partial charge in [-0.05, 0) is 61.0 Å². The van der Waals surface area contributed by atoms with Crippen LogP contribution < -0.4 is 19.1 Å². The van der Waals surface area contributed by atoms with Gasteiger partial charge in [-0.15, -0.1) is 0 Å². The number of hydrogen-bond acceptors (Lipinski definition) is 5. The highest BCUT2D eigenvalue weighted by Gasteiger charge is 2.27. The van der Waals surface area contributed by atoms with Crippen molar-refractivity contribution in [1.82, 2.24) is 5.32 Å². The predicted molar refractivity (Wildman–Crippen MR) is 117 cm³/mol. The lowest BCUT2D eigenvalue weighted by Crippen LogP contribution is -2.40. The Morgan fingerprint density at radius 3 is 2.41 bits per heavy atom. The molecular formula is C23H21FN2O5S. The summed E-state index contributed by atoms with van der Waals surface area (Å²) in [6.07, 6.45) is 0. The van der Waals surface area contributed by atoms with E-state index in [-0.39, 0.29) is 18.2 Å². The van der Waals surface area contributed by atoms with E-state index in [1.165, 1.54) is 12.1 Å². The number of sulfonamides is 1. The summed E-state index contributed by atoms with van der Waals surface area (Å²) in [4.78, 5) is 12.6. The molecular weight excluding hydrogens is 435 g/mol. The zero-order chi connectivity index (χ0) is 22.7. The highest BCUT2D eigenvalue weighted by molar-refractivity contribution is 7.92. The van der Waals surface area contributed by atoms with Gasteiger partial charge in [0.05, 0.1) is 10.6 Å². The van der Waals surface area contributed by atoms with Gasteiger partial charge in [-0.25, -0.2) is 12.8 Å². The minimum Gasteiger partial charge on any atom is -0.454 e. The maximum atomic E-state index is 13.3. The molecule has 0 unspecified atom stereocenters. The fourth-order valence-corrected chi connectivity index (χ4v) is 4.62. The number of carbonyl (C=O) groups is 1. The first-order valence-electron chi connectivity index (χ1n) is 9.83. The minimum atomic E-state index is -4.10. The Kier molecular flexibility index (Phi) is 6.00. The largest absolute Gasteiger partial charge is 0.454 e. The molecule has 1 amide bonds. The van der Waals surface area contributed by atoms with Crippen LogP contribution in [0.25, 0.3) is 0 Å². The fourth-order valence-electron chi connectivity index (χ4n) is 3.20. The van der Waals surface area contributed by atoms with Crippen molar-refractivity contribution in [2.45, 2.75) is 18.4 Å². The molecule has 32 heavy (non-hydrogen) atoms. The van der Waals surface area contributed by atoms with E-state index in [4.69, 9.17) is 9.47 Å². The number of nitrogens with one attached hydrogen (secondary N) is 1. The van der Waals surface area contributed by atoms with Crippen molar-refractivity contribution in [3.05, 3.63) is 83.7 Å². The molecule has 0 aliphatic carbocycles. The van der Waals surface area contributed by atoms with Gasteiger partial charge in [0.25, 0.3) is 10.0 Å². The molecule has 0 atom stereocenters. The molecule has 3 aromatic carbocycles. The molecule has 9 heteroatoms. The summed E-state index contributed by atoms with van der Waals surface area (Å²) in [6.45, 7) is 1.78.